The summed E-state index contributed by atoms with van der Waals surface area (Å²) in [7, 11) is 1.31. The van der Waals surface area contributed by atoms with Crippen LogP contribution >= 0.6 is 0 Å². The topological polar surface area (TPSA) is 97.5 Å². The molecule has 7 nitrogen and oxygen atoms in total. The van der Waals surface area contributed by atoms with Crippen molar-refractivity contribution in [2.24, 2.45) is 0 Å². The average Bonchev–Trinajstić information content (AvgIpc) is 2.89. The Labute approximate surface area is 117 Å². The predicted octanol–water partition coefficient (Wildman–Crippen LogP) is 0.543. The van der Waals surface area contributed by atoms with E-state index in [1.54, 1.807) is 17.9 Å². The molecule has 0 aliphatic carbocycles. The second-order valence-electron chi connectivity index (χ2n) is 4.77. The third kappa shape index (κ3) is 2.98. The molecule has 2 rings (SSSR count). The molecule has 0 aromatic carbocycles. The smallest absolute Gasteiger partial charge is 0.407 e. The number of amides is 2. The quantitative estimate of drug-likeness (QED) is 0.823. The van der Waals surface area contributed by atoms with E-state index in [0.29, 0.717) is 36.5 Å². The van der Waals surface area contributed by atoms with E-state index in [-0.39, 0.29) is 11.9 Å². The zero-order chi connectivity index (χ0) is 14.7. The Hall–Kier alpha value is -2.31. The van der Waals surface area contributed by atoms with Crippen LogP contribution in [-0.2, 0) is 4.74 Å². The number of nitrogen functional groups attached to an aromatic ring is 1. The lowest BCUT2D eigenvalue weighted by molar-refractivity contribution is 0.0787. The highest BCUT2D eigenvalue weighted by Crippen LogP contribution is 2.17. The lowest BCUT2D eigenvalue weighted by atomic mass is 10.1. The normalized spacial score (nSPS) is 17.9. The molecule has 0 bridgehead atoms. The van der Waals surface area contributed by atoms with Crippen LogP contribution in [0.15, 0.2) is 12.3 Å². The van der Waals surface area contributed by atoms with Crippen LogP contribution in [-0.4, -0.2) is 48.1 Å². The zero-order valence-corrected chi connectivity index (χ0v) is 11.5. The third-order valence-electron chi connectivity index (χ3n) is 3.32. The first-order valence-corrected chi connectivity index (χ1v) is 6.37. The van der Waals surface area contributed by atoms with Gasteiger partial charge in [-0.1, -0.05) is 0 Å². The second-order valence-corrected chi connectivity index (χ2v) is 4.77. The van der Waals surface area contributed by atoms with Crippen molar-refractivity contribution in [3.05, 3.63) is 23.5 Å². The molecule has 0 radical (unpaired) electrons. The molecule has 3 N–H and O–H groups in total. The summed E-state index contributed by atoms with van der Waals surface area (Å²) in [6, 6.07) is 1.55. The van der Waals surface area contributed by atoms with Gasteiger partial charge in [-0.05, 0) is 19.4 Å². The maximum Gasteiger partial charge on any atom is 0.407 e. The number of hydrogen-bond acceptors (Lipinski definition) is 5. The van der Waals surface area contributed by atoms with Gasteiger partial charge in [0.25, 0.3) is 5.91 Å². The van der Waals surface area contributed by atoms with Crippen molar-refractivity contribution >= 4 is 17.7 Å². The first-order chi connectivity index (χ1) is 9.51. The van der Waals surface area contributed by atoms with Gasteiger partial charge in [0.15, 0.2) is 0 Å². The number of carbonyl (C=O) groups is 2. The number of likely N-dealkylation sites (tertiary alicyclic amines) is 1. The van der Waals surface area contributed by atoms with E-state index in [1.165, 1.54) is 13.3 Å². The van der Waals surface area contributed by atoms with Crippen molar-refractivity contribution in [2.75, 3.05) is 25.9 Å². The molecular weight excluding hydrogens is 260 g/mol. The minimum atomic E-state index is -0.480. The molecule has 108 valence electrons. The number of methoxy groups -OCH3 is 1. The van der Waals surface area contributed by atoms with Gasteiger partial charge in [-0.2, -0.15) is 0 Å². The van der Waals surface area contributed by atoms with Crippen LogP contribution in [0.25, 0.3) is 0 Å². The lowest BCUT2D eigenvalue weighted by Crippen LogP contribution is -2.38. The van der Waals surface area contributed by atoms with Crippen LogP contribution in [0, 0.1) is 6.92 Å². The molecule has 20 heavy (non-hydrogen) atoms. The number of ether oxygens (including phenoxy) is 1. The van der Waals surface area contributed by atoms with Gasteiger partial charge in [0.1, 0.15) is 0 Å². The highest BCUT2D eigenvalue weighted by Gasteiger charge is 2.29. The van der Waals surface area contributed by atoms with E-state index in [4.69, 9.17) is 5.73 Å². The fourth-order valence-corrected chi connectivity index (χ4v) is 2.22. The Kier molecular flexibility index (Phi) is 4.07. The van der Waals surface area contributed by atoms with Gasteiger partial charge in [0.2, 0.25) is 0 Å². The maximum atomic E-state index is 12.4. The number of pyridine rings is 1. The van der Waals surface area contributed by atoms with Crippen molar-refractivity contribution in [1.29, 1.82) is 0 Å². The summed E-state index contributed by atoms with van der Waals surface area (Å²) < 4.78 is 4.55. The summed E-state index contributed by atoms with van der Waals surface area (Å²) >= 11 is 0. The number of nitrogens with one attached hydrogen (secondary N) is 1. The average molecular weight is 278 g/mol. The summed E-state index contributed by atoms with van der Waals surface area (Å²) in [5, 5.41) is 2.70. The molecule has 7 heteroatoms. The first kappa shape index (κ1) is 14.1. The van der Waals surface area contributed by atoms with E-state index >= 15 is 0 Å². The fraction of sp³-hybridized carbons (Fsp3) is 0.462. The zero-order valence-electron chi connectivity index (χ0n) is 11.5. The molecule has 1 aliphatic heterocycles. The first-order valence-electron chi connectivity index (χ1n) is 6.37. The van der Waals surface area contributed by atoms with Crippen LogP contribution in [0.1, 0.15) is 22.5 Å². The van der Waals surface area contributed by atoms with Crippen molar-refractivity contribution in [1.82, 2.24) is 15.2 Å². The van der Waals surface area contributed by atoms with Crippen LogP contribution in [0.2, 0.25) is 0 Å². The van der Waals surface area contributed by atoms with E-state index in [0.717, 1.165) is 0 Å². The minimum Gasteiger partial charge on any atom is -0.453 e. The largest absolute Gasteiger partial charge is 0.453 e. The summed E-state index contributed by atoms with van der Waals surface area (Å²) in [6.07, 6.45) is 1.75. The number of nitrogens with zero attached hydrogens (tertiary/aromatic N) is 2. The number of carbonyl (C=O) groups excluding carboxylic acids is 2. The Morgan fingerprint density at radius 3 is 3.00 bits per heavy atom. The minimum absolute atomic E-state index is 0.0827. The van der Waals surface area contributed by atoms with Crippen LogP contribution < -0.4 is 11.1 Å². The molecule has 1 unspecified atom stereocenters. The number of aryl methyl sites for hydroxylation is 1. The van der Waals surface area contributed by atoms with Crippen LogP contribution in [0.5, 0.6) is 0 Å². The maximum absolute atomic E-state index is 12.4. The van der Waals surface area contributed by atoms with Gasteiger partial charge in [0.05, 0.1) is 36.3 Å². The summed E-state index contributed by atoms with van der Waals surface area (Å²) in [5.41, 5.74) is 7.28. The number of rotatable bonds is 2. The van der Waals surface area contributed by atoms with E-state index in [1.807, 2.05) is 0 Å². The molecule has 0 saturated carbocycles. The highest BCUT2D eigenvalue weighted by molar-refractivity contribution is 5.96. The molecule has 2 amide bonds. The van der Waals surface area contributed by atoms with E-state index < -0.39 is 6.09 Å². The molecule has 2 heterocycles. The van der Waals surface area contributed by atoms with E-state index in [2.05, 4.69) is 15.0 Å². The molecule has 1 aliphatic rings. The number of hydrogen-bond donors (Lipinski definition) is 2. The standard InChI is InChI=1S/C13H18N4O3/c1-8-11(5-9(14)6-15-8)12(18)17-4-3-10(7-17)16-13(19)20-2/h5-6,10H,3-4,7,14H2,1-2H3,(H,16,19). The van der Waals surface area contributed by atoms with Gasteiger partial charge in [-0.15, -0.1) is 0 Å². The van der Waals surface area contributed by atoms with Crippen molar-refractivity contribution in [3.63, 3.8) is 0 Å². The second kappa shape index (κ2) is 5.77. The SMILES string of the molecule is COC(=O)NC1CCN(C(=O)c2cc(N)cnc2C)C1. The third-order valence-corrected chi connectivity index (χ3v) is 3.32. The number of alkyl carbamates (subject to hydrolysis) is 1. The molecule has 1 aromatic rings. The van der Waals surface area contributed by atoms with Crippen molar-refractivity contribution in [2.45, 2.75) is 19.4 Å². The molecule has 0 spiro atoms. The lowest BCUT2D eigenvalue weighted by Gasteiger charge is -2.18. The van der Waals surface area contributed by atoms with Crippen molar-refractivity contribution in [3.8, 4) is 0 Å². The van der Waals surface area contributed by atoms with E-state index in [9.17, 15) is 9.59 Å². The Balaban J connectivity index is 2.04. The highest BCUT2D eigenvalue weighted by atomic mass is 16.5. The molecular formula is C13H18N4O3. The number of aromatic nitrogens is 1. The summed E-state index contributed by atoms with van der Waals surface area (Å²) in [6.45, 7) is 2.82. The van der Waals surface area contributed by atoms with Crippen LogP contribution in [0.3, 0.4) is 0 Å². The molecule has 1 fully saturated rings. The van der Waals surface area contributed by atoms with Gasteiger partial charge >= 0.3 is 6.09 Å². The number of nitrogens with two attached hydrogens (primary N) is 1. The summed E-state index contributed by atoms with van der Waals surface area (Å²) in [5.74, 6) is -0.114. The molecule has 1 aromatic heterocycles. The Morgan fingerprint density at radius 1 is 1.55 bits per heavy atom. The van der Waals surface area contributed by atoms with Gasteiger partial charge in [0, 0.05) is 13.1 Å². The summed E-state index contributed by atoms with van der Waals surface area (Å²) in [4.78, 5) is 29.3. The molecule has 1 saturated heterocycles. The van der Waals surface area contributed by atoms with Crippen molar-refractivity contribution < 1.29 is 14.3 Å². The monoisotopic (exact) mass is 278 g/mol. The van der Waals surface area contributed by atoms with Gasteiger partial charge in [-0.25, -0.2) is 4.79 Å². The van der Waals surface area contributed by atoms with Gasteiger partial charge < -0.3 is 20.7 Å². The number of anilines is 1. The molecule has 1 atom stereocenters. The van der Waals surface area contributed by atoms with Crippen LogP contribution in [0.4, 0.5) is 10.5 Å². The fourth-order valence-electron chi connectivity index (χ4n) is 2.22. The Morgan fingerprint density at radius 2 is 2.30 bits per heavy atom. The predicted molar refractivity (Wildman–Crippen MR) is 73.2 cm³/mol. The Bertz CT molecular complexity index is 532. The van der Waals surface area contributed by atoms with Gasteiger partial charge in [-0.3, -0.25) is 9.78 Å².